The second kappa shape index (κ2) is 4.98. The molecule has 1 aromatic rings. The van der Waals surface area contributed by atoms with Crippen molar-refractivity contribution in [2.45, 2.75) is 13.3 Å². The first kappa shape index (κ1) is 11.0. The van der Waals surface area contributed by atoms with Gasteiger partial charge in [0.15, 0.2) is 0 Å². The van der Waals surface area contributed by atoms with Gasteiger partial charge in [-0.05, 0) is 30.5 Å². The lowest BCUT2D eigenvalue weighted by Gasteiger charge is -2.18. The molecule has 2 N–H and O–H groups in total. The van der Waals surface area contributed by atoms with Gasteiger partial charge in [-0.25, -0.2) is 5.90 Å². The highest BCUT2D eigenvalue weighted by atomic mass is 16.6. The van der Waals surface area contributed by atoms with Crippen LogP contribution in [0.25, 0.3) is 0 Å². The minimum absolute atomic E-state index is 0.559. The van der Waals surface area contributed by atoms with Crippen molar-refractivity contribution in [1.82, 2.24) is 0 Å². The van der Waals surface area contributed by atoms with Crippen LogP contribution < -0.4 is 10.8 Å². The lowest BCUT2D eigenvalue weighted by Crippen LogP contribution is -2.13. The molecule has 0 aliphatic heterocycles. The molecule has 0 saturated heterocycles. The second-order valence-electron chi connectivity index (χ2n) is 3.65. The molecule has 0 heterocycles. The summed E-state index contributed by atoms with van der Waals surface area (Å²) in [5, 5.41) is 0. The van der Waals surface area contributed by atoms with Crippen LogP contribution >= 0.6 is 0 Å². The summed E-state index contributed by atoms with van der Waals surface area (Å²) < 4.78 is 0. The zero-order chi connectivity index (χ0) is 10.6. The molecule has 3 heteroatoms. The van der Waals surface area contributed by atoms with Crippen molar-refractivity contribution >= 4 is 5.69 Å². The van der Waals surface area contributed by atoms with Gasteiger partial charge in [0.2, 0.25) is 0 Å². The van der Waals surface area contributed by atoms with Gasteiger partial charge in [-0.2, -0.15) is 0 Å². The van der Waals surface area contributed by atoms with Crippen molar-refractivity contribution in [3.63, 3.8) is 0 Å². The van der Waals surface area contributed by atoms with Crippen LogP contribution in [0.2, 0.25) is 0 Å². The average molecular weight is 194 g/mol. The summed E-state index contributed by atoms with van der Waals surface area (Å²) in [6, 6.07) is 6.41. The third-order valence-corrected chi connectivity index (χ3v) is 2.21. The summed E-state index contributed by atoms with van der Waals surface area (Å²) in [6.07, 6.45) is 0.851. The van der Waals surface area contributed by atoms with E-state index in [1.807, 2.05) is 14.1 Å². The van der Waals surface area contributed by atoms with Gasteiger partial charge in [0.05, 0.1) is 6.61 Å². The molecule has 1 aromatic carbocycles. The fraction of sp³-hybridized carbons (Fsp3) is 0.455. The van der Waals surface area contributed by atoms with E-state index in [9.17, 15) is 0 Å². The van der Waals surface area contributed by atoms with Crippen LogP contribution in [0.5, 0.6) is 0 Å². The van der Waals surface area contributed by atoms with E-state index in [1.54, 1.807) is 0 Å². The topological polar surface area (TPSA) is 38.5 Å². The molecule has 3 nitrogen and oxygen atoms in total. The number of nitrogens with two attached hydrogens (primary N) is 1. The summed E-state index contributed by atoms with van der Waals surface area (Å²) in [6.45, 7) is 2.65. The molecular formula is C11H18N2O. The van der Waals surface area contributed by atoms with Gasteiger partial charge in [0, 0.05) is 19.8 Å². The number of rotatable bonds is 4. The number of anilines is 1. The Morgan fingerprint density at radius 2 is 2.07 bits per heavy atom. The molecule has 1 rings (SSSR count). The van der Waals surface area contributed by atoms with Gasteiger partial charge < -0.3 is 9.74 Å². The first-order chi connectivity index (χ1) is 6.65. The summed E-state index contributed by atoms with van der Waals surface area (Å²) in [4.78, 5) is 6.70. The molecule has 0 unspecified atom stereocenters. The van der Waals surface area contributed by atoms with Crippen molar-refractivity contribution in [3.05, 3.63) is 29.3 Å². The standard InChI is InChI=1S/C11H18N2O/c1-9-4-5-10(6-7-14-12)11(8-9)13(2)3/h4-5,8H,6-7,12H2,1-3H3. The first-order valence-corrected chi connectivity index (χ1v) is 4.73. The van der Waals surface area contributed by atoms with Crippen LogP contribution in [0.4, 0.5) is 5.69 Å². The smallest absolute Gasteiger partial charge is 0.0720 e. The summed E-state index contributed by atoms with van der Waals surface area (Å²) >= 11 is 0. The highest BCUT2D eigenvalue weighted by Gasteiger charge is 2.04. The molecule has 14 heavy (non-hydrogen) atoms. The van der Waals surface area contributed by atoms with Gasteiger partial charge >= 0.3 is 0 Å². The van der Waals surface area contributed by atoms with Crippen molar-refractivity contribution in [1.29, 1.82) is 0 Å². The maximum atomic E-state index is 5.02. The average Bonchev–Trinajstić information content (AvgIpc) is 2.15. The third-order valence-electron chi connectivity index (χ3n) is 2.21. The molecule has 0 spiro atoms. The SMILES string of the molecule is Cc1ccc(CCON)c(N(C)C)c1. The van der Waals surface area contributed by atoms with E-state index in [2.05, 4.69) is 34.9 Å². The fourth-order valence-corrected chi connectivity index (χ4v) is 1.47. The molecule has 0 amide bonds. The Morgan fingerprint density at radius 3 is 2.64 bits per heavy atom. The molecule has 0 aliphatic rings. The van der Waals surface area contributed by atoms with E-state index < -0.39 is 0 Å². The Balaban J connectivity index is 2.90. The fourth-order valence-electron chi connectivity index (χ4n) is 1.47. The number of nitrogens with zero attached hydrogens (tertiary/aromatic N) is 1. The van der Waals surface area contributed by atoms with Crippen molar-refractivity contribution in [2.24, 2.45) is 5.90 Å². The van der Waals surface area contributed by atoms with Crippen LogP contribution in [-0.2, 0) is 11.3 Å². The number of aryl methyl sites for hydroxylation is 1. The minimum atomic E-state index is 0.559. The molecule has 0 saturated carbocycles. The highest BCUT2D eigenvalue weighted by molar-refractivity contribution is 5.54. The largest absolute Gasteiger partial charge is 0.377 e. The number of benzene rings is 1. The Bertz CT molecular complexity index is 297. The minimum Gasteiger partial charge on any atom is -0.377 e. The number of hydrogen-bond donors (Lipinski definition) is 1. The van der Waals surface area contributed by atoms with E-state index in [-0.39, 0.29) is 0 Å². The van der Waals surface area contributed by atoms with Crippen molar-refractivity contribution < 1.29 is 4.84 Å². The normalized spacial score (nSPS) is 10.3. The molecule has 0 fully saturated rings. The van der Waals surface area contributed by atoms with E-state index in [0.29, 0.717) is 6.61 Å². The summed E-state index contributed by atoms with van der Waals surface area (Å²) in [7, 11) is 4.09. The molecule has 0 atom stereocenters. The van der Waals surface area contributed by atoms with E-state index in [4.69, 9.17) is 5.90 Å². The summed E-state index contributed by atoms with van der Waals surface area (Å²) in [5.41, 5.74) is 3.78. The van der Waals surface area contributed by atoms with Crippen LogP contribution in [0.1, 0.15) is 11.1 Å². The predicted octanol–water partition coefficient (Wildman–Crippen LogP) is 1.49. The van der Waals surface area contributed by atoms with Gasteiger partial charge in [0.1, 0.15) is 0 Å². The zero-order valence-corrected chi connectivity index (χ0v) is 9.08. The molecule has 0 aromatic heterocycles. The Labute approximate surface area is 85.4 Å². The van der Waals surface area contributed by atoms with Crippen LogP contribution in [0.15, 0.2) is 18.2 Å². The summed E-state index contributed by atoms with van der Waals surface area (Å²) in [5.74, 6) is 5.02. The monoisotopic (exact) mass is 194 g/mol. The Hall–Kier alpha value is -1.06. The lowest BCUT2D eigenvalue weighted by atomic mass is 10.1. The maximum absolute atomic E-state index is 5.02. The van der Waals surface area contributed by atoms with Gasteiger partial charge in [-0.3, -0.25) is 0 Å². The van der Waals surface area contributed by atoms with Crippen LogP contribution in [0.3, 0.4) is 0 Å². The molecule has 78 valence electrons. The predicted molar refractivity (Wildman–Crippen MR) is 59.3 cm³/mol. The number of hydrogen-bond acceptors (Lipinski definition) is 3. The van der Waals surface area contributed by atoms with Gasteiger partial charge in [0.25, 0.3) is 0 Å². The van der Waals surface area contributed by atoms with Crippen molar-refractivity contribution in [3.8, 4) is 0 Å². The third kappa shape index (κ3) is 2.72. The Kier molecular flexibility index (Phi) is 3.92. The molecule has 0 bridgehead atoms. The lowest BCUT2D eigenvalue weighted by molar-refractivity contribution is 0.141. The molecule has 0 aliphatic carbocycles. The Morgan fingerprint density at radius 1 is 1.36 bits per heavy atom. The van der Waals surface area contributed by atoms with Gasteiger partial charge in [-0.1, -0.05) is 12.1 Å². The van der Waals surface area contributed by atoms with E-state index >= 15 is 0 Å². The molecular weight excluding hydrogens is 176 g/mol. The zero-order valence-electron chi connectivity index (χ0n) is 9.08. The van der Waals surface area contributed by atoms with Crippen LogP contribution in [0, 0.1) is 6.92 Å². The quantitative estimate of drug-likeness (QED) is 0.738. The van der Waals surface area contributed by atoms with E-state index in [1.165, 1.54) is 16.8 Å². The molecule has 0 radical (unpaired) electrons. The van der Waals surface area contributed by atoms with Gasteiger partial charge in [-0.15, -0.1) is 0 Å². The van der Waals surface area contributed by atoms with Crippen LogP contribution in [-0.4, -0.2) is 20.7 Å². The van der Waals surface area contributed by atoms with Crippen molar-refractivity contribution in [2.75, 3.05) is 25.6 Å². The first-order valence-electron chi connectivity index (χ1n) is 4.73. The second-order valence-corrected chi connectivity index (χ2v) is 3.65. The highest BCUT2D eigenvalue weighted by Crippen LogP contribution is 2.20. The van der Waals surface area contributed by atoms with E-state index in [0.717, 1.165) is 6.42 Å². The maximum Gasteiger partial charge on any atom is 0.0720 e.